The number of nitro groups is 1. The molecule has 0 aromatic heterocycles. The van der Waals surface area contributed by atoms with E-state index in [9.17, 15) is 15.2 Å². The molecule has 1 atom stereocenters. The summed E-state index contributed by atoms with van der Waals surface area (Å²) in [6.45, 7) is 3.56. The molecule has 1 aliphatic rings. The van der Waals surface area contributed by atoms with E-state index in [1.807, 2.05) is 0 Å². The predicted octanol–water partition coefficient (Wildman–Crippen LogP) is 2.65. The summed E-state index contributed by atoms with van der Waals surface area (Å²) >= 11 is 0. The molecule has 100 valence electrons. The van der Waals surface area contributed by atoms with Gasteiger partial charge in [-0.15, -0.1) is 0 Å². The highest BCUT2D eigenvalue weighted by Crippen LogP contribution is 2.35. The Morgan fingerprint density at radius 3 is 2.79 bits per heavy atom. The van der Waals surface area contributed by atoms with Crippen LogP contribution in [-0.4, -0.2) is 16.1 Å². The fourth-order valence-electron chi connectivity index (χ4n) is 1.98. The summed E-state index contributed by atoms with van der Waals surface area (Å²) in [5.41, 5.74) is 7.20. The number of hydrogen-bond donors (Lipinski definition) is 2. The SMILES string of the molecule is Cc1cc(N2C=CC=C(O)[C@@H]2C)c([N+](=O)[O-])cc1N. The van der Waals surface area contributed by atoms with Crippen LogP contribution in [0.1, 0.15) is 12.5 Å². The number of nitrogens with zero attached hydrogens (tertiary/aromatic N) is 2. The number of nitrogen functional groups attached to an aromatic ring is 1. The van der Waals surface area contributed by atoms with Crippen LogP contribution in [0.2, 0.25) is 0 Å². The van der Waals surface area contributed by atoms with Crippen molar-refractivity contribution in [3.05, 3.63) is 51.9 Å². The normalized spacial score (nSPS) is 18.3. The van der Waals surface area contributed by atoms with E-state index in [0.717, 1.165) is 5.56 Å². The summed E-state index contributed by atoms with van der Waals surface area (Å²) in [4.78, 5) is 12.3. The molecule has 0 fully saturated rings. The fourth-order valence-corrected chi connectivity index (χ4v) is 1.98. The smallest absolute Gasteiger partial charge is 0.294 e. The second-order valence-electron chi connectivity index (χ2n) is 4.47. The van der Waals surface area contributed by atoms with E-state index in [1.54, 1.807) is 43.2 Å². The van der Waals surface area contributed by atoms with E-state index >= 15 is 0 Å². The van der Waals surface area contributed by atoms with Gasteiger partial charge in [-0.1, -0.05) is 0 Å². The quantitative estimate of drug-likeness (QED) is 0.485. The zero-order valence-corrected chi connectivity index (χ0v) is 10.7. The van der Waals surface area contributed by atoms with Crippen LogP contribution < -0.4 is 10.6 Å². The third kappa shape index (κ3) is 2.24. The lowest BCUT2D eigenvalue weighted by molar-refractivity contribution is -0.384. The first-order valence-electron chi connectivity index (χ1n) is 5.82. The molecule has 1 aliphatic heterocycles. The van der Waals surface area contributed by atoms with Crippen molar-refractivity contribution >= 4 is 17.1 Å². The summed E-state index contributed by atoms with van der Waals surface area (Å²) in [6.07, 6.45) is 4.91. The van der Waals surface area contributed by atoms with E-state index in [4.69, 9.17) is 5.73 Å². The lowest BCUT2D eigenvalue weighted by Crippen LogP contribution is -2.32. The van der Waals surface area contributed by atoms with E-state index in [1.165, 1.54) is 6.07 Å². The number of rotatable bonds is 2. The molecule has 0 bridgehead atoms. The molecule has 1 heterocycles. The molecule has 6 nitrogen and oxygen atoms in total. The highest BCUT2D eigenvalue weighted by molar-refractivity contribution is 5.73. The monoisotopic (exact) mass is 261 g/mol. The van der Waals surface area contributed by atoms with Gasteiger partial charge in [-0.2, -0.15) is 0 Å². The number of benzene rings is 1. The maximum atomic E-state index is 11.1. The lowest BCUT2D eigenvalue weighted by atomic mass is 10.1. The Morgan fingerprint density at radius 2 is 2.16 bits per heavy atom. The molecule has 1 aromatic rings. The number of aliphatic hydroxyl groups is 1. The fraction of sp³-hybridized carbons (Fsp3) is 0.231. The van der Waals surface area contributed by atoms with E-state index in [2.05, 4.69) is 0 Å². The van der Waals surface area contributed by atoms with Crippen molar-refractivity contribution in [2.75, 3.05) is 10.6 Å². The van der Waals surface area contributed by atoms with Crippen LogP contribution in [0.5, 0.6) is 0 Å². The van der Waals surface area contributed by atoms with Gasteiger partial charge in [0, 0.05) is 18.0 Å². The van der Waals surface area contributed by atoms with E-state index < -0.39 is 4.92 Å². The zero-order valence-electron chi connectivity index (χ0n) is 10.7. The van der Waals surface area contributed by atoms with Gasteiger partial charge in [0.25, 0.3) is 5.69 Å². The Balaban J connectivity index is 2.56. The van der Waals surface area contributed by atoms with Gasteiger partial charge in [0.2, 0.25) is 0 Å². The third-order valence-electron chi connectivity index (χ3n) is 3.20. The number of aryl methyl sites for hydroxylation is 1. The van der Waals surface area contributed by atoms with Crippen molar-refractivity contribution in [1.82, 2.24) is 0 Å². The maximum Gasteiger partial charge on any atom is 0.294 e. The third-order valence-corrected chi connectivity index (χ3v) is 3.20. The van der Waals surface area contributed by atoms with Crippen LogP contribution in [0.3, 0.4) is 0 Å². The molecule has 0 saturated heterocycles. The maximum absolute atomic E-state index is 11.1. The molecule has 19 heavy (non-hydrogen) atoms. The number of nitro benzene ring substituents is 1. The minimum Gasteiger partial charge on any atom is -0.510 e. The van der Waals surface area contributed by atoms with Crippen molar-refractivity contribution in [3.8, 4) is 0 Å². The number of hydrogen-bond acceptors (Lipinski definition) is 5. The van der Waals surface area contributed by atoms with Crippen LogP contribution in [0.15, 0.2) is 36.2 Å². The Kier molecular flexibility index (Phi) is 3.16. The van der Waals surface area contributed by atoms with Gasteiger partial charge in [0.05, 0.1) is 11.0 Å². The summed E-state index contributed by atoms with van der Waals surface area (Å²) in [7, 11) is 0. The Morgan fingerprint density at radius 1 is 1.47 bits per heavy atom. The molecule has 0 aliphatic carbocycles. The Hall–Kier alpha value is -2.50. The first-order valence-corrected chi connectivity index (χ1v) is 5.82. The molecule has 1 aromatic carbocycles. The number of nitrogens with two attached hydrogens (primary N) is 1. The zero-order chi connectivity index (χ0) is 14.2. The van der Waals surface area contributed by atoms with Crippen LogP contribution in [0.4, 0.5) is 17.1 Å². The van der Waals surface area contributed by atoms with Crippen LogP contribution >= 0.6 is 0 Å². The van der Waals surface area contributed by atoms with Gasteiger partial charge in [-0.3, -0.25) is 10.1 Å². The molecule has 3 N–H and O–H groups in total. The van der Waals surface area contributed by atoms with Gasteiger partial charge >= 0.3 is 0 Å². The van der Waals surface area contributed by atoms with Gasteiger partial charge in [0.15, 0.2) is 0 Å². The van der Waals surface area contributed by atoms with Crippen molar-refractivity contribution in [2.45, 2.75) is 19.9 Å². The largest absolute Gasteiger partial charge is 0.510 e. The van der Waals surface area contributed by atoms with E-state index in [0.29, 0.717) is 11.4 Å². The first kappa shape index (κ1) is 12.9. The van der Waals surface area contributed by atoms with Crippen molar-refractivity contribution < 1.29 is 10.0 Å². The van der Waals surface area contributed by atoms with Crippen LogP contribution in [0.25, 0.3) is 0 Å². The molecule has 6 heteroatoms. The van der Waals surface area contributed by atoms with Crippen molar-refractivity contribution in [3.63, 3.8) is 0 Å². The van der Waals surface area contributed by atoms with Crippen molar-refractivity contribution in [1.29, 1.82) is 0 Å². The molecule has 0 radical (unpaired) electrons. The summed E-state index contributed by atoms with van der Waals surface area (Å²) in [5.74, 6) is 0.159. The highest BCUT2D eigenvalue weighted by Gasteiger charge is 2.26. The van der Waals surface area contributed by atoms with Crippen LogP contribution in [-0.2, 0) is 0 Å². The Bertz CT molecular complexity index is 593. The molecule has 0 unspecified atom stereocenters. The first-order chi connectivity index (χ1) is 8.91. The molecular formula is C13H15N3O3. The second kappa shape index (κ2) is 4.64. The summed E-state index contributed by atoms with van der Waals surface area (Å²) < 4.78 is 0. The summed E-state index contributed by atoms with van der Waals surface area (Å²) in [5, 5.41) is 20.9. The molecule has 2 rings (SSSR count). The van der Waals surface area contributed by atoms with Crippen molar-refractivity contribution in [2.24, 2.45) is 0 Å². The second-order valence-corrected chi connectivity index (χ2v) is 4.47. The van der Waals surface area contributed by atoms with Gasteiger partial charge in [0.1, 0.15) is 11.4 Å². The van der Waals surface area contributed by atoms with Crippen LogP contribution in [0, 0.1) is 17.0 Å². The minimum atomic E-state index is -0.471. The highest BCUT2D eigenvalue weighted by atomic mass is 16.6. The molecule has 0 spiro atoms. The molecular weight excluding hydrogens is 246 g/mol. The van der Waals surface area contributed by atoms with Gasteiger partial charge in [-0.25, -0.2) is 0 Å². The van der Waals surface area contributed by atoms with E-state index in [-0.39, 0.29) is 17.5 Å². The van der Waals surface area contributed by atoms with Gasteiger partial charge < -0.3 is 15.7 Å². The topological polar surface area (TPSA) is 92.6 Å². The Labute approximate surface area is 110 Å². The number of allylic oxidation sites excluding steroid dienone is 2. The predicted molar refractivity (Wildman–Crippen MR) is 74.0 cm³/mol. The standard InChI is InChI=1S/C13H15N3O3/c1-8-6-11(12(16(18)19)7-10(8)14)15-5-3-4-13(17)9(15)2/h3-7,9,17H,14H2,1-2H3/t9-/m0/s1. The number of anilines is 2. The lowest BCUT2D eigenvalue weighted by Gasteiger charge is -2.29. The number of aliphatic hydroxyl groups excluding tert-OH is 1. The summed E-state index contributed by atoms with van der Waals surface area (Å²) in [6, 6.07) is 2.65. The average Bonchev–Trinajstić information content (AvgIpc) is 2.35. The molecule has 0 amide bonds. The average molecular weight is 261 g/mol. The minimum absolute atomic E-state index is 0.0747. The van der Waals surface area contributed by atoms with Gasteiger partial charge in [-0.05, 0) is 37.6 Å². The molecule has 0 saturated carbocycles.